The van der Waals surface area contributed by atoms with Crippen molar-refractivity contribution in [2.75, 3.05) is 7.05 Å². The van der Waals surface area contributed by atoms with Crippen molar-refractivity contribution in [2.24, 2.45) is 5.73 Å². The highest BCUT2D eigenvalue weighted by Crippen LogP contribution is 2.20. The Morgan fingerprint density at radius 1 is 1.43 bits per heavy atom. The minimum atomic E-state index is -1.00. The third kappa shape index (κ3) is 4.15. The van der Waals surface area contributed by atoms with E-state index in [4.69, 9.17) is 5.73 Å². The normalized spacial score (nSPS) is 12.0. The van der Waals surface area contributed by atoms with Gasteiger partial charge in [-0.3, -0.25) is 14.3 Å². The van der Waals surface area contributed by atoms with Crippen molar-refractivity contribution >= 4 is 11.8 Å². The lowest BCUT2D eigenvalue weighted by molar-refractivity contribution is -0.138. The molecular weight excluding hydrogens is 299 g/mol. The topological polar surface area (TPSA) is 81.2 Å². The summed E-state index contributed by atoms with van der Waals surface area (Å²) < 4.78 is 15.0. The molecule has 23 heavy (non-hydrogen) atoms. The summed E-state index contributed by atoms with van der Waals surface area (Å²) in [6.07, 6.45) is 3.69. The molecule has 0 saturated heterocycles. The van der Waals surface area contributed by atoms with Crippen molar-refractivity contribution in [1.82, 2.24) is 14.7 Å². The molecule has 2 rings (SSSR count). The van der Waals surface area contributed by atoms with Crippen molar-refractivity contribution in [3.05, 3.63) is 53.6 Å². The smallest absolute Gasteiger partial charge is 0.244 e. The lowest BCUT2D eigenvalue weighted by Crippen LogP contribution is -2.39. The Kier molecular flexibility index (Phi) is 5.10. The number of primary amides is 1. The van der Waals surface area contributed by atoms with Gasteiger partial charge in [-0.25, -0.2) is 4.39 Å². The number of nitrogens with zero attached hydrogens (tertiary/aromatic N) is 3. The van der Waals surface area contributed by atoms with E-state index in [1.54, 1.807) is 16.9 Å². The van der Waals surface area contributed by atoms with Gasteiger partial charge in [0, 0.05) is 26.2 Å². The number of hydrogen-bond donors (Lipinski definition) is 1. The predicted molar refractivity (Wildman–Crippen MR) is 82.7 cm³/mol. The van der Waals surface area contributed by atoms with Crippen LogP contribution < -0.4 is 5.73 Å². The molecule has 1 unspecified atom stereocenters. The number of hydrogen-bond acceptors (Lipinski definition) is 3. The largest absolute Gasteiger partial charge is 0.368 e. The molecule has 0 aliphatic heterocycles. The van der Waals surface area contributed by atoms with Gasteiger partial charge in [-0.2, -0.15) is 5.10 Å². The second kappa shape index (κ2) is 7.04. The fourth-order valence-corrected chi connectivity index (χ4v) is 2.38. The van der Waals surface area contributed by atoms with Gasteiger partial charge in [-0.1, -0.05) is 12.1 Å². The fraction of sp³-hybridized carbons (Fsp3) is 0.312. The first-order valence-corrected chi connectivity index (χ1v) is 7.18. The SMILES string of the molecule is Cc1cnn(CCC(=O)N(C)C(C(N)=O)c2cccc(F)c2)c1. The zero-order chi connectivity index (χ0) is 17.0. The summed E-state index contributed by atoms with van der Waals surface area (Å²) in [4.78, 5) is 25.3. The van der Waals surface area contributed by atoms with Crippen molar-refractivity contribution in [3.63, 3.8) is 0 Å². The first kappa shape index (κ1) is 16.7. The van der Waals surface area contributed by atoms with Crippen LogP contribution in [0.2, 0.25) is 0 Å². The molecule has 1 atom stereocenters. The van der Waals surface area contributed by atoms with Crippen molar-refractivity contribution < 1.29 is 14.0 Å². The van der Waals surface area contributed by atoms with E-state index < -0.39 is 17.8 Å². The summed E-state index contributed by atoms with van der Waals surface area (Å²) in [6, 6.07) is 4.52. The summed E-state index contributed by atoms with van der Waals surface area (Å²) in [5, 5.41) is 4.10. The monoisotopic (exact) mass is 318 g/mol. The van der Waals surface area contributed by atoms with Gasteiger partial charge in [0.2, 0.25) is 11.8 Å². The Labute approximate surface area is 133 Å². The summed E-state index contributed by atoms with van der Waals surface area (Å²) in [7, 11) is 1.48. The second-order valence-electron chi connectivity index (χ2n) is 5.40. The zero-order valence-electron chi connectivity index (χ0n) is 13.1. The quantitative estimate of drug-likeness (QED) is 0.874. The van der Waals surface area contributed by atoms with Crippen molar-refractivity contribution in [3.8, 4) is 0 Å². The van der Waals surface area contributed by atoms with Crippen LogP contribution in [-0.2, 0) is 16.1 Å². The second-order valence-corrected chi connectivity index (χ2v) is 5.40. The molecule has 1 aromatic carbocycles. The van der Waals surface area contributed by atoms with E-state index in [1.165, 1.54) is 30.1 Å². The van der Waals surface area contributed by atoms with E-state index in [0.717, 1.165) is 5.56 Å². The molecule has 1 heterocycles. The standard InChI is InChI=1S/C16H19FN4O2/c1-11-9-19-21(10-11)7-6-14(22)20(2)15(16(18)23)12-4-3-5-13(17)8-12/h3-5,8-10,15H,6-7H2,1-2H3,(H2,18,23). The summed E-state index contributed by atoms with van der Waals surface area (Å²) in [5.41, 5.74) is 6.75. The van der Waals surface area contributed by atoms with Gasteiger partial charge in [-0.15, -0.1) is 0 Å². The first-order chi connectivity index (χ1) is 10.9. The Morgan fingerprint density at radius 2 is 2.17 bits per heavy atom. The molecule has 2 aromatic rings. The summed E-state index contributed by atoms with van der Waals surface area (Å²) in [6.45, 7) is 2.30. The minimum absolute atomic E-state index is 0.163. The summed E-state index contributed by atoms with van der Waals surface area (Å²) in [5.74, 6) is -1.46. The van der Waals surface area contributed by atoms with Crippen LogP contribution in [0.25, 0.3) is 0 Å². The number of carbonyl (C=O) groups excluding carboxylic acids is 2. The Hall–Kier alpha value is -2.70. The number of aromatic nitrogens is 2. The first-order valence-electron chi connectivity index (χ1n) is 7.18. The average molecular weight is 318 g/mol. The maximum absolute atomic E-state index is 13.4. The number of nitrogens with two attached hydrogens (primary N) is 1. The third-order valence-electron chi connectivity index (χ3n) is 3.53. The molecule has 0 fully saturated rings. The number of likely N-dealkylation sites (N-methyl/N-ethyl adjacent to an activating group) is 1. The fourth-order valence-electron chi connectivity index (χ4n) is 2.38. The van der Waals surface area contributed by atoms with Gasteiger partial charge in [0.1, 0.15) is 11.9 Å². The van der Waals surface area contributed by atoms with Crippen LogP contribution in [0.15, 0.2) is 36.7 Å². The number of amides is 2. The number of rotatable bonds is 6. The molecule has 6 nitrogen and oxygen atoms in total. The maximum atomic E-state index is 13.4. The van der Waals surface area contributed by atoms with Crippen molar-refractivity contribution in [1.29, 1.82) is 0 Å². The molecule has 2 N–H and O–H groups in total. The van der Waals surface area contributed by atoms with Crippen LogP contribution in [0.1, 0.15) is 23.6 Å². The lowest BCUT2D eigenvalue weighted by atomic mass is 10.0. The van der Waals surface area contributed by atoms with E-state index in [2.05, 4.69) is 5.10 Å². The number of carbonyl (C=O) groups is 2. The number of benzene rings is 1. The zero-order valence-corrected chi connectivity index (χ0v) is 13.1. The van der Waals surface area contributed by atoms with Gasteiger partial charge in [0.15, 0.2) is 0 Å². The van der Waals surface area contributed by atoms with Gasteiger partial charge < -0.3 is 10.6 Å². The third-order valence-corrected chi connectivity index (χ3v) is 3.53. The number of aryl methyl sites for hydroxylation is 2. The van der Waals surface area contributed by atoms with Crippen molar-refractivity contribution in [2.45, 2.75) is 25.9 Å². The molecule has 0 saturated carbocycles. The minimum Gasteiger partial charge on any atom is -0.368 e. The highest BCUT2D eigenvalue weighted by molar-refractivity contribution is 5.87. The van der Waals surface area contributed by atoms with E-state index in [1.807, 2.05) is 13.1 Å². The molecule has 1 aromatic heterocycles. The lowest BCUT2D eigenvalue weighted by Gasteiger charge is -2.26. The van der Waals surface area contributed by atoms with Gasteiger partial charge in [0.25, 0.3) is 0 Å². The predicted octanol–water partition coefficient (Wildman–Crippen LogP) is 1.41. The molecule has 0 bridgehead atoms. The van der Waals surface area contributed by atoms with E-state index in [-0.39, 0.29) is 12.3 Å². The van der Waals surface area contributed by atoms with Crippen LogP contribution in [0.5, 0.6) is 0 Å². The van der Waals surface area contributed by atoms with Crippen LogP contribution in [0.3, 0.4) is 0 Å². The van der Waals surface area contributed by atoms with E-state index in [9.17, 15) is 14.0 Å². The molecule has 122 valence electrons. The van der Waals surface area contributed by atoms with E-state index in [0.29, 0.717) is 12.1 Å². The molecule has 0 aliphatic carbocycles. The molecule has 0 radical (unpaired) electrons. The molecule has 0 aliphatic rings. The Balaban J connectivity index is 2.09. The average Bonchev–Trinajstić information content (AvgIpc) is 2.90. The molecule has 0 spiro atoms. The highest BCUT2D eigenvalue weighted by atomic mass is 19.1. The molecular formula is C16H19FN4O2. The highest BCUT2D eigenvalue weighted by Gasteiger charge is 2.26. The van der Waals surface area contributed by atoms with Gasteiger partial charge >= 0.3 is 0 Å². The van der Waals surface area contributed by atoms with E-state index >= 15 is 0 Å². The van der Waals surface area contributed by atoms with Gasteiger partial charge in [0.05, 0.1) is 6.20 Å². The van der Waals surface area contributed by atoms with Crippen LogP contribution in [0.4, 0.5) is 4.39 Å². The Bertz CT molecular complexity index is 714. The number of halogens is 1. The Morgan fingerprint density at radius 3 is 2.74 bits per heavy atom. The summed E-state index contributed by atoms with van der Waals surface area (Å²) >= 11 is 0. The van der Waals surface area contributed by atoms with Crippen LogP contribution >= 0.6 is 0 Å². The van der Waals surface area contributed by atoms with Crippen LogP contribution in [-0.4, -0.2) is 33.5 Å². The molecule has 2 amide bonds. The van der Waals surface area contributed by atoms with Crippen LogP contribution in [0, 0.1) is 12.7 Å². The molecule has 7 heteroatoms. The maximum Gasteiger partial charge on any atom is 0.244 e. The van der Waals surface area contributed by atoms with Gasteiger partial charge in [-0.05, 0) is 30.2 Å².